The standard InChI is InChI=1S/C12H16N4O2S2/c1-2-7-5-8-10(18)15-12(16-11(8)20-7)19-6-9(17)14-4-3-13/h5H,2-4,6,13H2,1H3,(H,14,17)(H,15,16,18). The van der Waals surface area contributed by atoms with Gasteiger partial charge in [0.1, 0.15) is 4.83 Å². The van der Waals surface area contributed by atoms with Gasteiger partial charge in [0, 0.05) is 18.0 Å². The van der Waals surface area contributed by atoms with E-state index in [1.165, 1.54) is 23.1 Å². The van der Waals surface area contributed by atoms with Crippen LogP contribution in [-0.4, -0.2) is 34.7 Å². The van der Waals surface area contributed by atoms with Gasteiger partial charge in [-0.25, -0.2) is 4.98 Å². The molecule has 6 nitrogen and oxygen atoms in total. The minimum atomic E-state index is -0.157. The summed E-state index contributed by atoms with van der Waals surface area (Å²) in [6, 6.07) is 1.87. The summed E-state index contributed by atoms with van der Waals surface area (Å²) in [7, 11) is 0. The summed E-state index contributed by atoms with van der Waals surface area (Å²) in [5, 5.41) is 3.75. The quantitative estimate of drug-likeness (QED) is 0.539. The minimum absolute atomic E-state index is 0.122. The van der Waals surface area contributed by atoms with Crippen molar-refractivity contribution in [2.45, 2.75) is 18.5 Å². The van der Waals surface area contributed by atoms with E-state index in [1.54, 1.807) is 0 Å². The number of rotatable bonds is 6. The molecule has 0 saturated carbocycles. The van der Waals surface area contributed by atoms with Crippen LogP contribution in [0.15, 0.2) is 16.0 Å². The van der Waals surface area contributed by atoms with Gasteiger partial charge in [0.15, 0.2) is 5.16 Å². The third kappa shape index (κ3) is 3.59. The number of aromatic amines is 1. The first kappa shape index (κ1) is 15.0. The zero-order chi connectivity index (χ0) is 14.5. The van der Waals surface area contributed by atoms with Crippen LogP contribution in [0.25, 0.3) is 10.2 Å². The Bertz CT molecular complexity index is 665. The number of fused-ring (bicyclic) bond motifs is 1. The van der Waals surface area contributed by atoms with Crippen LogP contribution >= 0.6 is 23.1 Å². The monoisotopic (exact) mass is 312 g/mol. The number of aryl methyl sites for hydroxylation is 1. The molecule has 20 heavy (non-hydrogen) atoms. The number of carbonyl (C=O) groups excluding carboxylic acids is 1. The largest absolute Gasteiger partial charge is 0.354 e. The predicted molar refractivity (Wildman–Crippen MR) is 82.4 cm³/mol. The van der Waals surface area contributed by atoms with Crippen LogP contribution < -0.4 is 16.6 Å². The molecule has 0 unspecified atom stereocenters. The maximum atomic E-state index is 11.9. The summed E-state index contributed by atoms with van der Waals surface area (Å²) >= 11 is 2.72. The van der Waals surface area contributed by atoms with E-state index in [4.69, 9.17) is 5.73 Å². The predicted octanol–water partition coefficient (Wildman–Crippen LogP) is 0.714. The van der Waals surface area contributed by atoms with E-state index < -0.39 is 0 Å². The van der Waals surface area contributed by atoms with Crippen LogP contribution in [0.1, 0.15) is 11.8 Å². The number of nitrogens with two attached hydrogens (primary N) is 1. The fraction of sp³-hybridized carbons (Fsp3) is 0.417. The second kappa shape index (κ2) is 6.87. The molecule has 0 spiro atoms. The van der Waals surface area contributed by atoms with Crippen molar-refractivity contribution >= 4 is 39.2 Å². The molecule has 8 heteroatoms. The molecular weight excluding hydrogens is 296 g/mol. The Morgan fingerprint density at radius 2 is 2.40 bits per heavy atom. The summed E-state index contributed by atoms with van der Waals surface area (Å²) in [6.45, 7) is 2.90. The first-order chi connectivity index (χ1) is 9.63. The van der Waals surface area contributed by atoms with E-state index >= 15 is 0 Å². The summed E-state index contributed by atoms with van der Waals surface area (Å²) in [6.07, 6.45) is 0.879. The van der Waals surface area contributed by atoms with Crippen LogP contribution in [0.5, 0.6) is 0 Å². The third-order valence-electron chi connectivity index (χ3n) is 2.59. The van der Waals surface area contributed by atoms with E-state index in [0.717, 1.165) is 16.1 Å². The Balaban J connectivity index is 2.11. The van der Waals surface area contributed by atoms with Gasteiger partial charge in [-0.2, -0.15) is 0 Å². The number of nitrogens with zero attached hydrogens (tertiary/aromatic N) is 1. The maximum absolute atomic E-state index is 11.9. The molecule has 0 aliphatic rings. The first-order valence-electron chi connectivity index (χ1n) is 6.26. The zero-order valence-electron chi connectivity index (χ0n) is 11.1. The van der Waals surface area contributed by atoms with Gasteiger partial charge in [0.05, 0.1) is 11.1 Å². The average molecular weight is 312 g/mol. The molecule has 108 valence electrons. The average Bonchev–Trinajstić information content (AvgIpc) is 2.86. The fourth-order valence-corrected chi connectivity index (χ4v) is 3.32. The van der Waals surface area contributed by atoms with E-state index in [1.807, 2.05) is 13.0 Å². The highest BCUT2D eigenvalue weighted by molar-refractivity contribution is 7.99. The van der Waals surface area contributed by atoms with Crippen molar-refractivity contribution in [1.29, 1.82) is 0 Å². The second-order valence-corrected chi connectivity index (χ2v) is 6.16. The molecule has 2 rings (SSSR count). The van der Waals surface area contributed by atoms with E-state index in [0.29, 0.717) is 23.6 Å². The second-order valence-electron chi connectivity index (χ2n) is 4.08. The van der Waals surface area contributed by atoms with Crippen LogP contribution in [0, 0.1) is 0 Å². The molecule has 0 fully saturated rings. The molecule has 0 aliphatic heterocycles. The molecule has 2 aromatic rings. The number of hydrogen-bond donors (Lipinski definition) is 3. The Morgan fingerprint density at radius 3 is 3.10 bits per heavy atom. The fourth-order valence-electron chi connectivity index (χ4n) is 1.60. The van der Waals surface area contributed by atoms with Gasteiger partial charge < -0.3 is 16.0 Å². The van der Waals surface area contributed by atoms with Crippen LogP contribution in [0.3, 0.4) is 0 Å². The van der Waals surface area contributed by atoms with E-state index in [2.05, 4.69) is 15.3 Å². The topological polar surface area (TPSA) is 101 Å². The lowest BCUT2D eigenvalue weighted by atomic mass is 10.3. The smallest absolute Gasteiger partial charge is 0.260 e. The van der Waals surface area contributed by atoms with E-state index in [-0.39, 0.29) is 17.2 Å². The number of hydrogen-bond acceptors (Lipinski definition) is 6. The normalized spacial score (nSPS) is 10.9. The van der Waals surface area contributed by atoms with Crippen LogP contribution in [0.4, 0.5) is 0 Å². The van der Waals surface area contributed by atoms with Gasteiger partial charge >= 0.3 is 0 Å². The number of thioether (sulfide) groups is 1. The lowest BCUT2D eigenvalue weighted by Gasteiger charge is -2.02. The number of thiophene rings is 1. The minimum Gasteiger partial charge on any atom is -0.354 e. The zero-order valence-corrected chi connectivity index (χ0v) is 12.7. The number of nitrogens with one attached hydrogen (secondary N) is 2. The molecule has 0 radical (unpaired) electrons. The van der Waals surface area contributed by atoms with Gasteiger partial charge in [0.2, 0.25) is 5.91 Å². The molecule has 0 atom stereocenters. The molecular formula is C12H16N4O2S2. The SMILES string of the molecule is CCc1cc2c(=O)[nH]c(SCC(=O)NCCN)nc2s1. The summed E-state index contributed by atoms with van der Waals surface area (Å²) in [5.74, 6) is 0.0871. The van der Waals surface area contributed by atoms with E-state index in [9.17, 15) is 9.59 Å². The highest BCUT2D eigenvalue weighted by Crippen LogP contribution is 2.23. The molecule has 4 N–H and O–H groups in total. The van der Waals surface area contributed by atoms with Gasteiger partial charge in [0.25, 0.3) is 5.56 Å². The summed E-state index contributed by atoms with van der Waals surface area (Å²) in [4.78, 5) is 32.3. The summed E-state index contributed by atoms with van der Waals surface area (Å²) < 4.78 is 0. The van der Waals surface area contributed by atoms with Crippen molar-refractivity contribution < 1.29 is 4.79 Å². The molecule has 2 heterocycles. The Kier molecular flexibility index (Phi) is 5.16. The van der Waals surface area contributed by atoms with Crippen molar-refractivity contribution in [1.82, 2.24) is 15.3 Å². The molecule has 1 amide bonds. The van der Waals surface area contributed by atoms with Gasteiger partial charge in [-0.3, -0.25) is 9.59 Å². The molecule has 0 saturated heterocycles. The van der Waals surface area contributed by atoms with Crippen molar-refractivity contribution in [2.75, 3.05) is 18.8 Å². The molecule has 2 aromatic heterocycles. The van der Waals surface area contributed by atoms with Crippen LogP contribution in [0.2, 0.25) is 0 Å². The number of amides is 1. The highest BCUT2D eigenvalue weighted by Gasteiger charge is 2.09. The Hall–Kier alpha value is -1.38. The maximum Gasteiger partial charge on any atom is 0.260 e. The van der Waals surface area contributed by atoms with Crippen LogP contribution in [-0.2, 0) is 11.2 Å². The van der Waals surface area contributed by atoms with Gasteiger partial charge in [-0.15, -0.1) is 11.3 Å². The van der Waals surface area contributed by atoms with Gasteiger partial charge in [-0.1, -0.05) is 18.7 Å². The lowest BCUT2D eigenvalue weighted by Crippen LogP contribution is -2.30. The summed E-state index contributed by atoms with van der Waals surface area (Å²) in [5.41, 5.74) is 5.15. The Morgan fingerprint density at radius 1 is 1.60 bits per heavy atom. The number of aromatic nitrogens is 2. The van der Waals surface area contributed by atoms with Crippen molar-refractivity contribution in [3.63, 3.8) is 0 Å². The number of carbonyl (C=O) groups is 1. The van der Waals surface area contributed by atoms with Gasteiger partial charge in [-0.05, 0) is 12.5 Å². The lowest BCUT2D eigenvalue weighted by molar-refractivity contribution is -0.118. The third-order valence-corrected chi connectivity index (χ3v) is 4.63. The molecule has 0 aliphatic carbocycles. The Labute approximate surface area is 124 Å². The number of H-pyrrole nitrogens is 1. The van der Waals surface area contributed by atoms with Crippen molar-refractivity contribution in [2.24, 2.45) is 5.73 Å². The highest BCUT2D eigenvalue weighted by atomic mass is 32.2. The molecule has 0 aromatic carbocycles. The van der Waals surface area contributed by atoms with Crippen molar-refractivity contribution in [3.05, 3.63) is 21.3 Å². The first-order valence-corrected chi connectivity index (χ1v) is 8.06. The molecule has 0 bridgehead atoms. The van der Waals surface area contributed by atoms with Crippen molar-refractivity contribution in [3.8, 4) is 0 Å².